The number of anilines is 3. The Kier molecular flexibility index (Phi) is 5.30. The smallest absolute Gasteiger partial charge is 0.159 e. The molecule has 0 N–H and O–H groups in total. The van der Waals surface area contributed by atoms with Gasteiger partial charge in [0.25, 0.3) is 0 Å². The molecule has 0 radical (unpaired) electrons. The largest absolute Gasteiger partial charge is 0.456 e. The molecule has 2 aromatic heterocycles. The van der Waals surface area contributed by atoms with Gasteiger partial charge in [0.2, 0.25) is 0 Å². The molecule has 3 heteroatoms. The lowest BCUT2D eigenvalue weighted by atomic mass is 9.55. The van der Waals surface area contributed by atoms with E-state index < -0.39 is 0 Å². The van der Waals surface area contributed by atoms with Crippen LogP contribution < -0.4 is 4.90 Å². The summed E-state index contributed by atoms with van der Waals surface area (Å²) in [5, 5.41) is 4.48. The summed E-state index contributed by atoms with van der Waals surface area (Å²) in [4.78, 5) is 2.28. The topological polar surface area (TPSA) is 29.5 Å². The van der Waals surface area contributed by atoms with Gasteiger partial charge in [-0.05, 0) is 63.9 Å². The van der Waals surface area contributed by atoms with Crippen LogP contribution in [0.15, 0.2) is 136 Å². The first-order chi connectivity index (χ1) is 21.8. The van der Waals surface area contributed by atoms with E-state index in [1.807, 2.05) is 12.1 Å². The highest BCUT2D eigenvalue weighted by Gasteiger charge is 2.46. The molecule has 3 nitrogen and oxygen atoms in total. The lowest BCUT2D eigenvalue weighted by Crippen LogP contribution is -2.43. The van der Waals surface area contributed by atoms with Gasteiger partial charge in [-0.15, -0.1) is 0 Å². The molecule has 0 aliphatic heterocycles. The number of hydrogen-bond acceptors (Lipinski definition) is 3. The number of rotatable bonds is 3. The van der Waals surface area contributed by atoms with E-state index in [0.29, 0.717) is 0 Å². The first-order valence-electron chi connectivity index (χ1n) is 15.7. The zero-order chi connectivity index (χ0) is 30.5. The van der Waals surface area contributed by atoms with Crippen molar-refractivity contribution in [2.24, 2.45) is 0 Å². The molecule has 9 rings (SSSR count). The van der Waals surface area contributed by atoms with Crippen molar-refractivity contribution in [1.29, 1.82) is 0 Å². The van der Waals surface area contributed by atoms with Crippen molar-refractivity contribution in [2.75, 3.05) is 4.90 Å². The molecule has 6 aromatic carbocycles. The standard InChI is InChI=1S/C42H33NO2/c1-41(2)33-18-10-8-16-32(33)38-34(42(41,3)4)24-23-31-30-17-12-19-35(39(30)45-40(31)38)43(26-13-6-5-7-14-26)27-21-22-29-28-15-9-11-20-36(28)44-37(29)25-27/h5-25H,1-4H3. The van der Waals surface area contributed by atoms with E-state index in [1.165, 1.54) is 22.3 Å². The third-order valence-corrected chi connectivity index (χ3v) is 10.6. The van der Waals surface area contributed by atoms with Crippen LogP contribution in [0.1, 0.15) is 38.8 Å². The van der Waals surface area contributed by atoms with Crippen molar-refractivity contribution in [1.82, 2.24) is 0 Å². The maximum atomic E-state index is 7.09. The molecule has 0 bridgehead atoms. The van der Waals surface area contributed by atoms with Crippen LogP contribution >= 0.6 is 0 Å². The molecular weight excluding hydrogens is 550 g/mol. The summed E-state index contributed by atoms with van der Waals surface area (Å²) < 4.78 is 13.4. The minimum Gasteiger partial charge on any atom is -0.456 e. The molecule has 0 fully saturated rings. The van der Waals surface area contributed by atoms with Crippen LogP contribution in [0.5, 0.6) is 0 Å². The van der Waals surface area contributed by atoms with Crippen LogP contribution in [0, 0.1) is 0 Å². The molecule has 0 unspecified atom stereocenters. The van der Waals surface area contributed by atoms with Crippen molar-refractivity contribution >= 4 is 60.9 Å². The van der Waals surface area contributed by atoms with Gasteiger partial charge in [-0.25, -0.2) is 0 Å². The highest BCUT2D eigenvalue weighted by atomic mass is 16.3. The predicted octanol–water partition coefficient (Wildman–Crippen LogP) is 12.2. The minimum absolute atomic E-state index is 0.0408. The lowest BCUT2D eigenvalue weighted by molar-refractivity contribution is 0.299. The quantitative estimate of drug-likeness (QED) is 0.207. The van der Waals surface area contributed by atoms with E-state index in [2.05, 4.69) is 148 Å². The van der Waals surface area contributed by atoms with E-state index in [9.17, 15) is 0 Å². The highest BCUT2D eigenvalue weighted by molar-refractivity contribution is 6.15. The molecule has 0 saturated carbocycles. The second-order valence-electron chi connectivity index (χ2n) is 13.4. The molecule has 1 aliphatic rings. The Morgan fingerprint density at radius 2 is 1.13 bits per heavy atom. The van der Waals surface area contributed by atoms with Crippen LogP contribution in [-0.4, -0.2) is 0 Å². The maximum absolute atomic E-state index is 7.09. The van der Waals surface area contributed by atoms with Gasteiger partial charge in [0.15, 0.2) is 5.58 Å². The minimum atomic E-state index is -0.0925. The molecule has 1 aliphatic carbocycles. The van der Waals surface area contributed by atoms with Crippen LogP contribution in [0.3, 0.4) is 0 Å². The fraction of sp³-hybridized carbons (Fsp3) is 0.143. The number of fused-ring (bicyclic) bond motifs is 10. The summed E-state index contributed by atoms with van der Waals surface area (Å²) >= 11 is 0. The van der Waals surface area contributed by atoms with Crippen LogP contribution in [0.4, 0.5) is 17.1 Å². The molecule has 45 heavy (non-hydrogen) atoms. The van der Waals surface area contributed by atoms with Crippen molar-refractivity contribution in [3.63, 3.8) is 0 Å². The third-order valence-electron chi connectivity index (χ3n) is 10.6. The first-order valence-corrected chi connectivity index (χ1v) is 15.7. The van der Waals surface area contributed by atoms with Crippen molar-refractivity contribution in [3.05, 3.63) is 139 Å². The molecule has 218 valence electrons. The Hall–Kier alpha value is -5.28. The van der Waals surface area contributed by atoms with Gasteiger partial charge in [0, 0.05) is 38.9 Å². The summed E-state index contributed by atoms with van der Waals surface area (Å²) in [7, 11) is 0. The van der Waals surface area contributed by atoms with E-state index in [-0.39, 0.29) is 10.8 Å². The number of nitrogens with zero attached hydrogens (tertiary/aromatic N) is 1. The van der Waals surface area contributed by atoms with E-state index >= 15 is 0 Å². The zero-order valence-electron chi connectivity index (χ0n) is 25.9. The van der Waals surface area contributed by atoms with Gasteiger partial charge in [0.05, 0.1) is 11.4 Å². The number of furan rings is 2. The number of hydrogen-bond donors (Lipinski definition) is 0. The second-order valence-corrected chi connectivity index (χ2v) is 13.4. The summed E-state index contributed by atoms with van der Waals surface area (Å²) in [5.41, 5.74) is 11.7. The van der Waals surface area contributed by atoms with Gasteiger partial charge >= 0.3 is 0 Å². The monoisotopic (exact) mass is 583 g/mol. The highest BCUT2D eigenvalue weighted by Crippen LogP contribution is 2.56. The molecule has 2 heterocycles. The summed E-state index contributed by atoms with van der Waals surface area (Å²) in [6.07, 6.45) is 0. The predicted molar refractivity (Wildman–Crippen MR) is 187 cm³/mol. The molecular formula is C42H33NO2. The van der Waals surface area contributed by atoms with Gasteiger partial charge in [-0.2, -0.15) is 0 Å². The Bertz CT molecular complexity index is 2440. The van der Waals surface area contributed by atoms with Gasteiger partial charge < -0.3 is 13.7 Å². The summed E-state index contributed by atoms with van der Waals surface area (Å²) in [6.45, 7) is 9.47. The average molecular weight is 584 g/mol. The Morgan fingerprint density at radius 3 is 2.00 bits per heavy atom. The Labute approximate surface area is 262 Å². The molecule has 0 atom stereocenters. The van der Waals surface area contributed by atoms with Crippen LogP contribution in [0.25, 0.3) is 55.0 Å². The summed E-state index contributed by atoms with van der Waals surface area (Å²) in [6, 6.07) is 45.2. The molecule has 0 spiro atoms. The maximum Gasteiger partial charge on any atom is 0.159 e. The fourth-order valence-corrected chi connectivity index (χ4v) is 7.59. The van der Waals surface area contributed by atoms with Crippen molar-refractivity contribution in [2.45, 2.75) is 38.5 Å². The Balaban J connectivity index is 1.32. The van der Waals surface area contributed by atoms with E-state index in [1.54, 1.807) is 0 Å². The van der Waals surface area contributed by atoms with Crippen LogP contribution in [-0.2, 0) is 10.8 Å². The second kappa shape index (κ2) is 9.12. The van der Waals surface area contributed by atoms with Crippen LogP contribution in [0.2, 0.25) is 0 Å². The van der Waals surface area contributed by atoms with Gasteiger partial charge in [-0.1, -0.05) is 113 Å². The zero-order valence-corrected chi connectivity index (χ0v) is 25.9. The van der Waals surface area contributed by atoms with Crippen molar-refractivity contribution in [3.8, 4) is 11.1 Å². The first kappa shape index (κ1) is 26.2. The SMILES string of the molecule is CC1(C)c2ccccc2-c2c(ccc3c2oc2c(N(c4ccccc4)c4ccc5c(c4)oc4ccccc45)cccc23)C1(C)C. The average Bonchev–Trinajstić information content (AvgIpc) is 3.63. The number of para-hydroxylation sites is 3. The molecule has 0 amide bonds. The fourth-order valence-electron chi connectivity index (χ4n) is 7.59. The third kappa shape index (κ3) is 3.52. The molecule has 8 aromatic rings. The Morgan fingerprint density at radius 1 is 0.467 bits per heavy atom. The normalized spacial score (nSPS) is 15.0. The molecule has 0 saturated heterocycles. The van der Waals surface area contributed by atoms with E-state index in [4.69, 9.17) is 8.83 Å². The van der Waals surface area contributed by atoms with E-state index in [0.717, 1.165) is 60.9 Å². The van der Waals surface area contributed by atoms with Gasteiger partial charge in [0.1, 0.15) is 16.7 Å². The summed E-state index contributed by atoms with van der Waals surface area (Å²) in [5.74, 6) is 0. The van der Waals surface area contributed by atoms with Gasteiger partial charge in [-0.3, -0.25) is 0 Å². The number of benzene rings is 6. The lowest BCUT2D eigenvalue weighted by Gasteiger charge is -2.48. The van der Waals surface area contributed by atoms with Crippen molar-refractivity contribution < 1.29 is 8.83 Å².